The van der Waals surface area contributed by atoms with E-state index in [4.69, 9.17) is 4.42 Å². The monoisotopic (exact) mass is 390 g/mol. The molecule has 0 aliphatic rings. The lowest BCUT2D eigenvalue weighted by Crippen LogP contribution is -2.26. The van der Waals surface area contributed by atoms with E-state index in [0.717, 1.165) is 34.6 Å². The van der Waals surface area contributed by atoms with E-state index in [2.05, 4.69) is 36.4 Å². The van der Waals surface area contributed by atoms with Crippen molar-refractivity contribution in [3.05, 3.63) is 76.4 Å². The van der Waals surface area contributed by atoms with Crippen molar-refractivity contribution in [3.8, 4) is 0 Å². The minimum absolute atomic E-state index is 0.118. The molecule has 0 spiro atoms. The first-order valence-corrected chi connectivity index (χ1v) is 9.92. The van der Waals surface area contributed by atoms with Gasteiger partial charge in [-0.2, -0.15) is 5.10 Å². The van der Waals surface area contributed by atoms with E-state index in [1.165, 1.54) is 11.1 Å². The maximum atomic E-state index is 13.1. The molecule has 4 aromatic rings. The fourth-order valence-electron chi connectivity index (χ4n) is 3.85. The highest BCUT2D eigenvalue weighted by Gasteiger charge is 2.19. The Morgan fingerprint density at radius 1 is 1.17 bits per heavy atom. The normalized spacial score (nSPS) is 11.3. The molecule has 29 heavy (non-hydrogen) atoms. The molecule has 6 heteroatoms. The molecule has 0 aliphatic carbocycles. The van der Waals surface area contributed by atoms with E-state index in [0.29, 0.717) is 18.8 Å². The number of aryl methyl sites for hydroxylation is 3. The number of amides is 1. The number of carbonyl (C=O) groups is 1. The lowest BCUT2D eigenvalue weighted by Gasteiger charge is -2.12. The summed E-state index contributed by atoms with van der Waals surface area (Å²) in [6.07, 6.45) is 1.66. The molecule has 0 saturated heterocycles. The number of carbonyl (C=O) groups excluding carboxylic acids is 1. The highest BCUT2D eigenvalue weighted by atomic mass is 16.3. The predicted octanol–water partition coefficient (Wildman–Crippen LogP) is 4.35. The highest BCUT2D eigenvalue weighted by Crippen LogP contribution is 2.23. The van der Waals surface area contributed by atoms with Gasteiger partial charge in [0.2, 0.25) is 0 Å². The molecular weight excluding hydrogens is 364 g/mol. The Hall–Kier alpha value is -3.28. The van der Waals surface area contributed by atoms with Crippen LogP contribution in [-0.4, -0.2) is 20.3 Å². The van der Waals surface area contributed by atoms with Gasteiger partial charge < -0.3 is 14.3 Å². The lowest BCUT2D eigenvalue weighted by atomic mass is 10.1. The van der Waals surface area contributed by atoms with E-state index >= 15 is 0 Å². The van der Waals surface area contributed by atoms with E-state index in [1.54, 1.807) is 6.26 Å². The summed E-state index contributed by atoms with van der Waals surface area (Å²) >= 11 is 0. The van der Waals surface area contributed by atoms with Gasteiger partial charge in [-0.05, 0) is 38.8 Å². The van der Waals surface area contributed by atoms with Gasteiger partial charge in [0.15, 0.2) is 5.58 Å². The molecule has 3 aromatic heterocycles. The topological polar surface area (TPSA) is 65.0 Å². The molecule has 0 aliphatic heterocycles. The predicted molar refractivity (Wildman–Crippen MR) is 113 cm³/mol. The molecule has 4 rings (SSSR count). The standard InChI is InChI=1S/C23H26N4O2/c1-5-27-17(4)19(16(3)25-27)13-24-23(28)21-12-22-20(10-11-29-22)26(21)14-18-9-7-6-8-15(18)2/h6-12H,5,13-14H2,1-4H3,(H,24,28). The fraction of sp³-hybridized carbons (Fsp3) is 0.304. The zero-order valence-corrected chi connectivity index (χ0v) is 17.3. The number of hydrogen-bond donors (Lipinski definition) is 1. The molecule has 3 heterocycles. The summed E-state index contributed by atoms with van der Waals surface area (Å²) in [5.74, 6) is -0.118. The van der Waals surface area contributed by atoms with Gasteiger partial charge in [-0.3, -0.25) is 9.48 Å². The summed E-state index contributed by atoms with van der Waals surface area (Å²) in [7, 11) is 0. The zero-order valence-electron chi connectivity index (χ0n) is 17.3. The third-order valence-corrected chi connectivity index (χ3v) is 5.60. The van der Waals surface area contributed by atoms with Crippen molar-refractivity contribution in [1.29, 1.82) is 0 Å². The van der Waals surface area contributed by atoms with Gasteiger partial charge in [-0.25, -0.2) is 0 Å². The van der Waals surface area contributed by atoms with Crippen LogP contribution in [0, 0.1) is 20.8 Å². The van der Waals surface area contributed by atoms with Gasteiger partial charge in [0.1, 0.15) is 5.69 Å². The van der Waals surface area contributed by atoms with Crippen molar-refractivity contribution in [1.82, 2.24) is 19.7 Å². The molecule has 1 N–H and O–H groups in total. The number of nitrogens with one attached hydrogen (secondary N) is 1. The molecule has 1 amide bonds. The van der Waals surface area contributed by atoms with Crippen molar-refractivity contribution in [2.45, 2.75) is 47.3 Å². The molecule has 150 valence electrons. The van der Waals surface area contributed by atoms with Crippen LogP contribution in [0.1, 0.15) is 45.5 Å². The summed E-state index contributed by atoms with van der Waals surface area (Å²) in [6.45, 7) is 10.1. The minimum atomic E-state index is -0.118. The first-order valence-electron chi connectivity index (χ1n) is 9.92. The van der Waals surface area contributed by atoms with Gasteiger partial charge >= 0.3 is 0 Å². The third-order valence-electron chi connectivity index (χ3n) is 5.60. The molecule has 0 saturated carbocycles. The van der Waals surface area contributed by atoms with Crippen LogP contribution < -0.4 is 5.32 Å². The van der Waals surface area contributed by atoms with Crippen LogP contribution in [-0.2, 0) is 19.6 Å². The molecule has 1 aromatic carbocycles. The second-order valence-electron chi connectivity index (χ2n) is 7.36. The number of hydrogen-bond acceptors (Lipinski definition) is 3. The number of rotatable bonds is 6. The number of fused-ring (bicyclic) bond motifs is 1. The summed E-state index contributed by atoms with van der Waals surface area (Å²) in [5, 5.41) is 7.61. The molecular formula is C23H26N4O2. The third kappa shape index (κ3) is 3.46. The largest absolute Gasteiger partial charge is 0.463 e. The fourth-order valence-corrected chi connectivity index (χ4v) is 3.85. The number of furan rings is 1. The van der Waals surface area contributed by atoms with E-state index in [9.17, 15) is 4.79 Å². The Bertz CT molecular complexity index is 1180. The molecule has 0 unspecified atom stereocenters. The van der Waals surface area contributed by atoms with Crippen molar-refractivity contribution >= 4 is 17.0 Å². The molecule has 0 bridgehead atoms. The average Bonchev–Trinajstić information content (AvgIpc) is 3.37. The van der Waals surface area contributed by atoms with Gasteiger partial charge in [0, 0.05) is 43.0 Å². The smallest absolute Gasteiger partial charge is 0.268 e. The Labute approximate surface area is 170 Å². The number of nitrogens with zero attached hydrogens (tertiary/aromatic N) is 3. The SMILES string of the molecule is CCn1nc(C)c(CNC(=O)c2cc3occc3n2Cc2ccccc2C)c1C. The van der Waals surface area contributed by atoms with Crippen LogP contribution in [0.2, 0.25) is 0 Å². The molecule has 0 radical (unpaired) electrons. The van der Waals surface area contributed by atoms with E-state index in [1.807, 2.05) is 47.4 Å². The van der Waals surface area contributed by atoms with Gasteiger partial charge in [-0.15, -0.1) is 0 Å². The van der Waals surface area contributed by atoms with Crippen molar-refractivity contribution in [2.24, 2.45) is 0 Å². The van der Waals surface area contributed by atoms with Crippen LogP contribution in [0.3, 0.4) is 0 Å². The van der Waals surface area contributed by atoms with Gasteiger partial charge in [-0.1, -0.05) is 24.3 Å². The van der Waals surface area contributed by atoms with Gasteiger partial charge in [0.05, 0.1) is 17.5 Å². The first-order chi connectivity index (χ1) is 14.0. The molecule has 6 nitrogen and oxygen atoms in total. The van der Waals surface area contributed by atoms with E-state index < -0.39 is 0 Å². The highest BCUT2D eigenvalue weighted by molar-refractivity contribution is 5.97. The maximum Gasteiger partial charge on any atom is 0.268 e. The second-order valence-corrected chi connectivity index (χ2v) is 7.36. The summed E-state index contributed by atoms with van der Waals surface area (Å²) < 4.78 is 9.54. The van der Waals surface area contributed by atoms with Crippen LogP contribution in [0.5, 0.6) is 0 Å². The quantitative estimate of drug-likeness (QED) is 0.532. The second kappa shape index (κ2) is 7.62. The van der Waals surface area contributed by atoms with Crippen molar-refractivity contribution in [3.63, 3.8) is 0 Å². The maximum absolute atomic E-state index is 13.1. The van der Waals surface area contributed by atoms with Crippen LogP contribution in [0.4, 0.5) is 0 Å². The summed E-state index contributed by atoms with van der Waals surface area (Å²) in [4.78, 5) is 13.1. The summed E-state index contributed by atoms with van der Waals surface area (Å²) in [5.41, 5.74) is 7.72. The Morgan fingerprint density at radius 3 is 2.69 bits per heavy atom. The van der Waals surface area contributed by atoms with Gasteiger partial charge in [0.25, 0.3) is 5.91 Å². The zero-order chi connectivity index (χ0) is 20.5. The summed E-state index contributed by atoms with van der Waals surface area (Å²) in [6, 6.07) is 11.9. The van der Waals surface area contributed by atoms with Crippen molar-refractivity contribution < 1.29 is 9.21 Å². The van der Waals surface area contributed by atoms with E-state index in [-0.39, 0.29) is 5.91 Å². The number of benzene rings is 1. The van der Waals surface area contributed by atoms with Crippen LogP contribution in [0.15, 0.2) is 47.1 Å². The van der Waals surface area contributed by atoms with Crippen LogP contribution >= 0.6 is 0 Å². The first kappa shape index (κ1) is 19.1. The number of aromatic nitrogens is 3. The van der Waals surface area contributed by atoms with Crippen LogP contribution in [0.25, 0.3) is 11.1 Å². The molecule has 0 atom stereocenters. The minimum Gasteiger partial charge on any atom is -0.463 e. The Kier molecular flexibility index (Phi) is 5.01. The van der Waals surface area contributed by atoms with Crippen molar-refractivity contribution in [2.75, 3.05) is 0 Å². The Balaban J connectivity index is 1.62. The Morgan fingerprint density at radius 2 is 1.97 bits per heavy atom. The average molecular weight is 390 g/mol. The molecule has 0 fully saturated rings. The lowest BCUT2D eigenvalue weighted by molar-refractivity contribution is 0.0942.